The first-order valence-corrected chi connectivity index (χ1v) is 15.6. The van der Waals surface area contributed by atoms with Crippen LogP contribution in [0.25, 0.3) is 0 Å². The molecule has 1 N–H and O–H groups in total. The lowest BCUT2D eigenvalue weighted by atomic mass is 10.1. The Bertz CT molecular complexity index is 1510. The molecule has 2 amide bonds. The minimum atomic E-state index is -4.14. The Morgan fingerprint density at radius 2 is 1.51 bits per heavy atom. The van der Waals surface area contributed by atoms with Crippen molar-refractivity contribution >= 4 is 50.7 Å². The Balaban J connectivity index is 2.07. The monoisotopic (exact) mass is 617 g/mol. The summed E-state index contributed by atoms with van der Waals surface area (Å²) < 4.78 is 29.1. The Morgan fingerprint density at radius 3 is 2.10 bits per heavy atom. The van der Waals surface area contributed by atoms with E-state index in [4.69, 9.17) is 23.2 Å². The average Bonchev–Trinajstić information content (AvgIpc) is 2.92. The molecule has 0 spiro atoms. The van der Waals surface area contributed by atoms with Gasteiger partial charge in [-0.3, -0.25) is 13.9 Å². The van der Waals surface area contributed by atoms with Crippen molar-refractivity contribution in [3.05, 3.63) is 93.0 Å². The Labute approximate surface area is 253 Å². The van der Waals surface area contributed by atoms with Gasteiger partial charge in [0.2, 0.25) is 11.8 Å². The molecular formula is C31H37Cl2N3O4S. The molecule has 0 aliphatic carbocycles. The van der Waals surface area contributed by atoms with Gasteiger partial charge in [0.05, 0.1) is 20.6 Å². The average molecular weight is 619 g/mol. The molecule has 0 aliphatic rings. The zero-order valence-corrected chi connectivity index (χ0v) is 26.6. The van der Waals surface area contributed by atoms with Crippen molar-refractivity contribution in [2.75, 3.05) is 10.8 Å². The third-order valence-electron chi connectivity index (χ3n) is 7.01. The van der Waals surface area contributed by atoms with Gasteiger partial charge < -0.3 is 10.2 Å². The SMILES string of the molecule is CC[C@@H](C)NC(=O)[C@H](C)N(Cc1ccc(Cl)c(Cl)c1)C(=O)CN(c1ccc(C)cc1C)S(=O)(=O)c1ccc(C)cc1. The predicted octanol–water partition coefficient (Wildman–Crippen LogP) is 6.45. The van der Waals surface area contributed by atoms with Crippen LogP contribution in [-0.2, 0) is 26.2 Å². The van der Waals surface area contributed by atoms with Crippen LogP contribution in [0.5, 0.6) is 0 Å². The first-order valence-electron chi connectivity index (χ1n) is 13.4. The molecule has 0 bridgehead atoms. The zero-order valence-electron chi connectivity index (χ0n) is 24.2. The molecule has 3 aromatic rings. The van der Waals surface area contributed by atoms with E-state index >= 15 is 0 Å². The fourth-order valence-corrected chi connectivity index (χ4v) is 6.12. The van der Waals surface area contributed by atoms with Crippen LogP contribution in [0.4, 0.5) is 5.69 Å². The second-order valence-electron chi connectivity index (χ2n) is 10.4. The number of hydrogen-bond donors (Lipinski definition) is 1. The van der Waals surface area contributed by atoms with Gasteiger partial charge in [-0.15, -0.1) is 0 Å². The van der Waals surface area contributed by atoms with Crippen molar-refractivity contribution in [3.63, 3.8) is 0 Å². The van der Waals surface area contributed by atoms with Gasteiger partial charge in [0, 0.05) is 12.6 Å². The second-order valence-corrected chi connectivity index (χ2v) is 13.1. The van der Waals surface area contributed by atoms with E-state index in [1.807, 2.05) is 33.8 Å². The molecule has 0 unspecified atom stereocenters. The zero-order chi connectivity index (χ0) is 30.5. The van der Waals surface area contributed by atoms with Gasteiger partial charge in [0.25, 0.3) is 10.0 Å². The van der Waals surface area contributed by atoms with Gasteiger partial charge in [0.1, 0.15) is 12.6 Å². The van der Waals surface area contributed by atoms with Crippen LogP contribution in [-0.4, -0.2) is 43.8 Å². The molecule has 10 heteroatoms. The maximum Gasteiger partial charge on any atom is 0.264 e. The van der Waals surface area contributed by atoms with Crippen LogP contribution in [0.1, 0.15) is 49.4 Å². The summed E-state index contributed by atoms with van der Waals surface area (Å²) in [5.41, 5.74) is 3.60. The molecule has 0 radical (unpaired) electrons. The number of hydrogen-bond acceptors (Lipinski definition) is 4. The van der Waals surface area contributed by atoms with Crippen molar-refractivity contribution in [2.24, 2.45) is 0 Å². The van der Waals surface area contributed by atoms with Crippen molar-refractivity contribution in [3.8, 4) is 0 Å². The predicted molar refractivity (Wildman–Crippen MR) is 166 cm³/mol. The molecule has 41 heavy (non-hydrogen) atoms. The molecule has 0 fully saturated rings. The molecule has 220 valence electrons. The van der Waals surface area contributed by atoms with Gasteiger partial charge >= 0.3 is 0 Å². The highest BCUT2D eigenvalue weighted by Crippen LogP contribution is 2.29. The molecule has 0 aliphatic heterocycles. The van der Waals surface area contributed by atoms with Crippen molar-refractivity contribution in [1.29, 1.82) is 0 Å². The lowest BCUT2D eigenvalue weighted by Gasteiger charge is -2.33. The van der Waals surface area contributed by atoms with E-state index in [2.05, 4.69) is 5.32 Å². The molecule has 0 saturated carbocycles. The van der Waals surface area contributed by atoms with Crippen LogP contribution in [0.15, 0.2) is 65.6 Å². The summed E-state index contributed by atoms with van der Waals surface area (Å²) in [5, 5.41) is 3.60. The summed E-state index contributed by atoms with van der Waals surface area (Å²) in [7, 11) is -4.14. The standard InChI is InChI=1S/C31H37Cl2N3O4S/c1-7-23(5)34-31(38)24(6)35(18-25-11-14-27(32)28(33)17-25)30(37)19-36(29-15-10-21(3)16-22(29)4)41(39,40)26-12-8-20(2)9-13-26/h8-17,23-24H,7,18-19H2,1-6H3,(H,34,38)/t23-,24+/m1/s1. The largest absolute Gasteiger partial charge is 0.352 e. The Morgan fingerprint density at radius 1 is 0.878 bits per heavy atom. The summed E-state index contributed by atoms with van der Waals surface area (Å²) in [6.45, 7) is 10.6. The highest BCUT2D eigenvalue weighted by molar-refractivity contribution is 7.92. The van der Waals surface area contributed by atoms with E-state index in [0.717, 1.165) is 15.4 Å². The van der Waals surface area contributed by atoms with Crippen LogP contribution in [0.3, 0.4) is 0 Å². The summed E-state index contributed by atoms with van der Waals surface area (Å²) in [6.07, 6.45) is 0.717. The maximum atomic E-state index is 14.1. The van der Waals surface area contributed by atoms with Gasteiger partial charge in [-0.25, -0.2) is 8.42 Å². The Kier molecular flexibility index (Phi) is 10.9. The smallest absolute Gasteiger partial charge is 0.264 e. The first-order chi connectivity index (χ1) is 19.2. The van der Waals surface area contributed by atoms with Gasteiger partial charge in [-0.05, 0) is 82.5 Å². The molecular weight excluding hydrogens is 581 g/mol. The number of rotatable bonds is 11. The van der Waals surface area contributed by atoms with Crippen LogP contribution < -0.4 is 9.62 Å². The summed E-state index contributed by atoms with van der Waals surface area (Å²) in [5.74, 6) is -0.884. The van der Waals surface area contributed by atoms with Crippen LogP contribution in [0.2, 0.25) is 10.0 Å². The number of benzene rings is 3. The fourth-order valence-electron chi connectivity index (χ4n) is 4.32. The third kappa shape index (κ3) is 8.03. The van der Waals surface area contributed by atoms with Crippen molar-refractivity contribution in [2.45, 2.75) is 71.5 Å². The number of carbonyl (C=O) groups is 2. The number of nitrogens with zero attached hydrogens (tertiary/aromatic N) is 2. The first kappa shape index (κ1) is 32.4. The van der Waals surface area contributed by atoms with Gasteiger partial charge in [0.15, 0.2) is 0 Å². The van der Waals surface area contributed by atoms with Gasteiger partial charge in [-0.1, -0.05) is 71.6 Å². The minimum absolute atomic E-state index is 0.0239. The lowest BCUT2D eigenvalue weighted by Crippen LogP contribution is -2.52. The lowest BCUT2D eigenvalue weighted by molar-refractivity contribution is -0.139. The van der Waals surface area contributed by atoms with Crippen LogP contribution >= 0.6 is 23.2 Å². The normalized spacial score (nSPS) is 12.9. The highest BCUT2D eigenvalue weighted by Gasteiger charge is 2.33. The summed E-state index contributed by atoms with van der Waals surface area (Å²) in [6, 6.07) is 15.8. The van der Waals surface area contributed by atoms with Crippen molar-refractivity contribution in [1.82, 2.24) is 10.2 Å². The summed E-state index contributed by atoms with van der Waals surface area (Å²) >= 11 is 12.3. The number of halogens is 2. The van der Waals surface area contributed by atoms with E-state index in [1.54, 1.807) is 56.3 Å². The quantitative estimate of drug-likeness (QED) is 0.268. The van der Waals surface area contributed by atoms with E-state index in [-0.39, 0.29) is 23.4 Å². The van der Waals surface area contributed by atoms with E-state index < -0.39 is 28.5 Å². The number of aryl methyl sites for hydroxylation is 3. The van der Waals surface area contributed by atoms with E-state index in [9.17, 15) is 18.0 Å². The summed E-state index contributed by atoms with van der Waals surface area (Å²) in [4.78, 5) is 28.7. The molecule has 0 saturated heterocycles. The molecule has 0 aromatic heterocycles. The van der Waals surface area contributed by atoms with E-state index in [0.29, 0.717) is 33.3 Å². The second kappa shape index (κ2) is 13.7. The highest BCUT2D eigenvalue weighted by atomic mass is 35.5. The molecule has 0 heterocycles. The molecule has 3 aromatic carbocycles. The fraction of sp³-hybridized carbons (Fsp3) is 0.355. The number of amides is 2. The van der Waals surface area contributed by atoms with Gasteiger partial charge in [-0.2, -0.15) is 0 Å². The number of carbonyl (C=O) groups excluding carboxylic acids is 2. The molecule has 7 nitrogen and oxygen atoms in total. The van der Waals surface area contributed by atoms with Crippen molar-refractivity contribution < 1.29 is 18.0 Å². The number of nitrogens with one attached hydrogen (secondary N) is 1. The third-order valence-corrected chi connectivity index (χ3v) is 9.53. The van der Waals surface area contributed by atoms with Crippen LogP contribution in [0, 0.1) is 20.8 Å². The maximum absolute atomic E-state index is 14.1. The Hall–Kier alpha value is -3.07. The number of sulfonamides is 1. The number of anilines is 1. The minimum Gasteiger partial charge on any atom is -0.352 e. The molecule has 3 rings (SSSR count). The van der Waals surface area contributed by atoms with E-state index in [1.165, 1.54) is 17.0 Å². The molecule has 2 atom stereocenters. The topological polar surface area (TPSA) is 86.8 Å².